The van der Waals surface area contributed by atoms with Gasteiger partial charge in [-0.05, 0) is 37.5 Å². The van der Waals surface area contributed by atoms with Crippen molar-refractivity contribution in [1.29, 1.82) is 0 Å². The van der Waals surface area contributed by atoms with Gasteiger partial charge in [-0.2, -0.15) is 5.10 Å². The molecule has 0 spiro atoms. The zero-order valence-corrected chi connectivity index (χ0v) is 17.0. The molecule has 0 saturated carbocycles. The summed E-state index contributed by atoms with van der Waals surface area (Å²) < 4.78 is 6.78. The summed E-state index contributed by atoms with van der Waals surface area (Å²) in [5, 5.41) is 5.07. The zero-order chi connectivity index (χ0) is 21.3. The highest BCUT2D eigenvalue weighted by Crippen LogP contribution is 2.28. The molecule has 154 valence electrons. The van der Waals surface area contributed by atoms with Crippen LogP contribution in [0.3, 0.4) is 0 Å². The normalized spacial score (nSPS) is 13.9. The summed E-state index contributed by atoms with van der Waals surface area (Å²) in [6, 6.07) is 14.5. The molecule has 0 saturated heterocycles. The first-order valence-corrected chi connectivity index (χ1v) is 10.1. The maximum absolute atomic E-state index is 12.9. The lowest BCUT2D eigenvalue weighted by molar-refractivity contribution is -0.126. The topological polar surface area (TPSA) is 81.5 Å². The minimum absolute atomic E-state index is 0.0418. The van der Waals surface area contributed by atoms with E-state index in [2.05, 4.69) is 5.10 Å². The molecular formula is C23H23N3O4. The fourth-order valence-corrected chi connectivity index (χ4v) is 3.80. The number of para-hydroxylation sites is 1. The Hall–Kier alpha value is -3.48. The Morgan fingerprint density at radius 3 is 2.57 bits per heavy atom. The van der Waals surface area contributed by atoms with E-state index < -0.39 is 12.1 Å². The van der Waals surface area contributed by atoms with Gasteiger partial charge in [0.1, 0.15) is 0 Å². The van der Waals surface area contributed by atoms with Crippen LogP contribution in [-0.2, 0) is 22.5 Å². The Balaban J connectivity index is 1.61. The quantitative estimate of drug-likeness (QED) is 0.610. The van der Waals surface area contributed by atoms with Crippen molar-refractivity contribution < 1.29 is 14.3 Å². The summed E-state index contributed by atoms with van der Waals surface area (Å²) >= 11 is 0. The van der Waals surface area contributed by atoms with E-state index in [4.69, 9.17) is 4.74 Å². The largest absolute Gasteiger partial charge is 0.448 e. The number of ether oxygens (including phenoxy) is 1. The van der Waals surface area contributed by atoms with Gasteiger partial charge in [-0.3, -0.25) is 9.59 Å². The number of aromatic nitrogens is 2. The number of nitrogens with zero attached hydrogens (tertiary/aromatic N) is 3. The van der Waals surface area contributed by atoms with E-state index >= 15 is 0 Å². The molecule has 0 N–H and O–H groups in total. The number of amides is 1. The van der Waals surface area contributed by atoms with Gasteiger partial charge in [-0.15, -0.1) is 0 Å². The van der Waals surface area contributed by atoms with Crippen molar-refractivity contribution in [3.63, 3.8) is 0 Å². The predicted molar refractivity (Wildman–Crippen MR) is 114 cm³/mol. The van der Waals surface area contributed by atoms with Crippen molar-refractivity contribution in [2.24, 2.45) is 0 Å². The molecule has 2 aromatic carbocycles. The third-order valence-corrected chi connectivity index (χ3v) is 5.28. The Kier molecular flexibility index (Phi) is 5.35. The number of hydrogen-bond donors (Lipinski definition) is 0. The van der Waals surface area contributed by atoms with Gasteiger partial charge in [0.05, 0.1) is 5.39 Å². The monoisotopic (exact) mass is 405 g/mol. The highest BCUT2D eigenvalue weighted by atomic mass is 16.5. The summed E-state index contributed by atoms with van der Waals surface area (Å²) in [4.78, 5) is 40.1. The summed E-state index contributed by atoms with van der Waals surface area (Å²) in [5.74, 6) is -0.996. The minimum Gasteiger partial charge on any atom is -0.448 e. The highest BCUT2D eigenvalue weighted by molar-refractivity contribution is 6.04. The first kappa shape index (κ1) is 19.8. The summed E-state index contributed by atoms with van der Waals surface area (Å²) in [7, 11) is 0. The lowest BCUT2D eigenvalue weighted by Crippen LogP contribution is -2.39. The van der Waals surface area contributed by atoms with Gasteiger partial charge in [-0.25, -0.2) is 9.48 Å². The molecule has 1 aliphatic rings. The van der Waals surface area contributed by atoms with Crippen molar-refractivity contribution in [2.45, 2.75) is 39.3 Å². The lowest BCUT2D eigenvalue weighted by Gasteiger charge is -2.21. The summed E-state index contributed by atoms with van der Waals surface area (Å²) in [6.45, 7) is 4.44. The second-order valence-electron chi connectivity index (χ2n) is 7.34. The average Bonchev–Trinajstić information content (AvgIpc) is 3.19. The standard InChI is InChI=1S/C23H23N3O4/c1-3-13-26-22(28)18-10-6-5-9-17(18)20(24-26)23(29)30-15(2)21(27)25-14-12-16-8-4-7-11-19(16)25/h4-11,15H,3,12-14H2,1-2H3/t15-/m0/s1. The predicted octanol–water partition coefficient (Wildman–Crippen LogP) is 2.94. The van der Waals surface area contributed by atoms with Gasteiger partial charge in [0.25, 0.3) is 11.5 Å². The van der Waals surface area contributed by atoms with Crippen LogP contribution in [-0.4, -0.2) is 34.3 Å². The Labute approximate surface area is 173 Å². The van der Waals surface area contributed by atoms with Crippen LogP contribution in [0, 0.1) is 0 Å². The third kappa shape index (κ3) is 3.47. The molecule has 0 unspecified atom stereocenters. The smallest absolute Gasteiger partial charge is 0.360 e. The first-order chi connectivity index (χ1) is 14.5. The minimum atomic E-state index is -0.976. The van der Waals surface area contributed by atoms with E-state index in [1.54, 1.807) is 36.1 Å². The number of fused-ring (bicyclic) bond motifs is 2. The van der Waals surface area contributed by atoms with Crippen LogP contribution < -0.4 is 10.5 Å². The van der Waals surface area contributed by atoms with Crippen molar-refractivity contribution in [3.05, 3.63) is 70.1 Å². The number of aryl methyl sites for hydroxylation is 1. The van der Waals surface area contributed by atoms with E-state index in [0.29, 0.717) is 30.3 Å². The molecule has 1 amide bonds. The van der Waals surface area contributed by atoms with Crippen LogP contribution >= 0.6 is 0 Å². The number of carbonyl (C=O) groups is 2. The van der Waals surface area contributed by atoms with Gasteiger partial charge in [0, 0.05) is 24.2 Å². The van der Waals surface area contributed by atoms with E-state index in [9.17, 15) is 14.4 Å². The zero-order valence-electron chi connectivity index (χ0n) is 17.0. The molecule has 7 nitrogen and oxygen atoms in total. The lowest BCUT2D eigenvalue weighted by atomic mass is 10.1. The molecule has 30 heavy (non-hydrogen) atoms. The number of esters is 1. The van der Waals surface area contributed by atoms with E-state index in [-0.39, 0.29) is 17.2 Å². The summed E-state index contributed by atoms with van der Waals surface area (Å²) in [5.41, 5.74) is 1.75. The Morgan fingerprint density at radius 2 is 1.80 bits per heavy atom. The third-order valence-electron chi connectivity index (χ3n) is 5.28. The van der Waals surface area contributed by atoms with Crippen molar-refractivity contribution >= 4 is 28.3 Å². The molecule has 3 aromatic rings. The van der Waals surface area contributed by atoms with E-state index in [1.807, 2.05) is 31.2 Å². The number of benzene rings is 2. The first-order valence-electron chi connectivity index (χ1n) is 10.1. The van der Waals surface area contributed by atoms with E-state index in [0.717, 1.165) is 17.7 Å². The number of anilines is 1. The van der Waals surface area contributed by atoms with Crippen molar-refractivity contribution in [3.8, 4) is 0 Å². The van der Waals surface area contributed by atoms with Crippen molar-refractivity contribution in [1.82, 2.24) is 9.78 Å². The molecule has 2 heterocycles. The second-order valence-corrected chi connectivity index (χ2v) is 7.34. The molecule has 0 aliphatic carbocycles. The Bertz CT molecular complexity index is 1180. The molecule has 0 radical (unpaired) electrons. The SMILES string of the molecule is CCCn1nc(C(=O)O[C@@H](C)C(=O)N2CCc3ccccc32)c2ccccc2c1=O. The molecule has 1 atom stereocenters. The Morgan fingerprint density at radius 1 is 1.10 bits per heavy atom. The van der Waals surface area contributed by atoms with Gasteiger partial charge in [0.15, 0.2) is 11.8 Å². The molecule has 0 bridgehead atoms. The number of hydrogen-bond acceptors (Lipinski definition) is 5. The van der Waals surface area contributed by atoms with E-state index in [1.165, 1.54) is 4.68 Å². The van der Waals surface area contributed by atoms with Crippen LogP contribution in [0.1, 0.15) is 36.3 Å². The van der Waals surface area contributed by atoms with Gasteiger partial charge in [0.2, 0.25) is 0 Å². The fourth-order valence-electron chi connectivity index (χ4n) is 3.80. The average molecular weight is 405 g/mol. The molecule has 0 fully saturated rings. The molecule has 7 heteroatoms. The second kappa shape index (κ2) is 8.10. The maximum atomic E-state index is 12.9. The van der Waals surface area contributed by atoms with Gasteiger partial charge < -0.3 is 9.64 Å². The van der Waals surface area contributed by atoms with Crippen LogP contribution in [0.5, 0.6) is 0 Å². The van der Waals surface area contributed by atoms with Crippen molar-refractivity contribution in [2.75, 3.05) is 11.4 Å². The van der Waals surface area contributed by atoms with Gasteiger partial charge in [-0.1, -0.05) is 43.3 Å². The molecular weight excluding hydrogens is 382 g/mol. The fraction of sp³-hybridized carbons (Fsp3) is 0.304. The summed E-state index contributed by atoms with van der Waals surface area (Å²) in [6.07, 6.45) is 0.496. The maximum Gasteiger partial charge on any atom is 0.360 e. The number of carbonyl (C=O) groups excluding carboxylic acids is 2. The number of rotatable bonds is 5. The van der Waals surface area contributed by atoms with Crippen LogP contribution in [0.15, 0.2) is 53.3 Å². The molecule has 1 aromatic heterocycles. The van der Waals surface area contributed by atoms with Gasteiger partial charge >= 0.3 is 5.97 Å². The van der Waals surface area contributed by atoms with Crippen LogP contribution in [0.2, 0.25) is 0 Å². The molecule has 1 aliphatic heterocycles. The molecule has 4 rings (SSSR count). The highest BCUT2D eigenvalue weighted by Gasteiger charge is 2.30. The van der Waals surface area contributed by atoms with Crippen LogP contribution in [0.25, 0.3) is 10.8 Å². The van der Waals surface area contributed by atoms with Crippen LogP contribution in [0.4, 0.5) is 5.69 Å².